The van der Waals surface area contributed by atoms with Crippen LogP contribution in [0.5, 0.6) is 0 Å². The van der Waals surface area contributed by atoms with Gasteiger partial charge in [0.25, 0.3) is 15.9 Å². The first kappa shape index (κ1) is 20.3. The summed E-state index contributed by atoms with van der Waals surface area (Å²) >= 11 is 0. The quantitative estimate of drug-likeness (QED) is 0.477. The minimum Gasteiger partial charge on any atom is -0.321 e. The fraction of sp³-hybridized carbons (Fsp3) is 0. The zero-order valence-corrected chi connectivity index (χ0v) is 16.9. The highest BCUT2D eigenvalue weighted by Crippen LogP contribution is 2.20. The van der Waals surface area contributed by atoms with E-state index in [1.165, 1.54) is 41.1 Å². The number of hydrogen-bond acceptors (Lipinski definition) is 4. The molecule has 0 radical (unpaired) electrons. The van der Waals surface area contributed by atoms with E-state index >= 15 is 0 Å². The third-order valence-electron chi connectivity index (χ3n) is 4.32. The molecule has 0 aliphatic rings. The minimum atomic E-state index is -3.75. The zero-order valence-electron chi connectivity index (χ0n) is 16.1. The third-order valence-corrected chi connectivity index (χ3v) is 5.72. The second kappa shape index (κ2) is 8.41. The number of nitrogens with zero attached hydrogens (tertiary/aromatic N) is 2. The summed E-state index contributed by atoms with van der Waals surface area (Å²) in [6.45, 7) is 0. The van der Waals surface area contributed by atoms with E-state index < -0.39 is 21.7 Å². The topological polar surface area (TPSA) is 93.1 Å². The van der Waals surface area contributed by atoms with Crippen molar-refractivity contribution in [3.8, 4) is 5.69 Å². The Balaban J connectivity index is 1.49. The summed E-state index contributed by atoms with van der Waals surface area (Å²) in [7, 11) is -3.75. The molecule has 0 unspecified atom stereocenters. The second-order valence-electron chi connectivity index (χ2n) is 6.58. The molecule has 2 N–H and O–H groups in total. The molecule has 0 bridgehead atoms. The molecule has 0 fully saturated rings. The molecule has 0 aliphatic carbocycles. The maximum Gasteiger partial charge on any atom is 0.276 e. The molecular formula is C22H17FN4O3S. The Bertz CT molecular complexity index is 1340. The lowest BCUT2D eigenvalue weighted by Gasteiger charge is -2.10. The van der Waals surface area contributed by atoms with E-state index in [2.05, 4.69) is 15.1 Å². The van der Waals surface area contributed by atoms with Gasteiger partial charge in [-0.3, -0.25) is 9.52 Å². The fourth-order valence-electron chi connectivity index (χ4n) is 2.88. The van der Waals surface area contributed by atoms with E-state index in [1.54, 1.807) is 54.7 Å². The number of carbonyl (C=O) groups is 1. The summed E-state index contributed by atoms with van der Waals surface area (Å²) in [4.78, 5) is 12.7. The lowest BCUT2D eigenvalue weighted by molar-refractivity contribution is 0.102. The standard InChI is InChI=1S/C22H17FN4O3S/c23-16-6-4-9-19(14-16)27-13-12-21(25-27)22(28)24-17-7-5-8-18(15-17)26-31(29,30)20-10-2-1-3-11-20/h1-15,26H,(H,24,28). The minimum absolute atomic E-state index is 0.125. The van der Waals surface area contributed by atoms with E-state index in [-0.39, 0.29) is 10.6 Å². The van der Waals surface area contributed by atoms with Crippen LogP contribution in [0.4, 0.5) is 15.8 Å². The molecule has 7 nitrogen and oxygen atoms in total. The molecule has 1 aromatic heterocycles. The average Bonchev–Trinajstić information content (AvgIpc) is 3.25. The number of amides is 1. The van der Waals surface area contributed by atoms with Crippen LogP contribution in [0.25, 0.3) is 5.69 Å². The van der Waals surface area contributed by atoms with E-state index in [1.807, 2.05) is 0 Å². The first-order valence-corrected chi connectivity index (χ1v) is 10.7. The van der Waals surface area contributed by atoms with Gasteiger partial charge in [0.1, 0.15) is 5.82 Å². The molecule has 0 spiro atoms. The van der Waals surface area contributed by atoms with Crippen LogP contribution in [0, 0.1) is 5.82 Å². The van der Waals surface area contributed by atoms with Crippen LogP contribution >= 0.6 is 0 Å². The Morgan fingerprint density at radius 3 is 2.39 bits per heavy atom. The first-order valence-electron chi connectivity index (χ1n) is 9.22. The Morgan fingerprint density at radius 1 is 0.871 bits per heavy atom. The fourth-order valence-corrected chi connectivity index (χ4v) is 3.95. The Labute approximate surface area is 178 Å². The number of benzene rings is 3. The van der Waals surface area contributed by atoms with Crippen LogP contribution in [0.15, 0.2) is 96.0 Å². The molecule has 4 rings (SSSR count). The molecule has 156 valence electrons. The van der Waals surface area contributed by atoms with Crippen molar-refractivity contribution in [2.45, 2.75) is 4.90 Å². The number of sulfonamides is 1. The summed E-state index contributed by atoms with van der Waals surface area (Å²) in [5.41, 5.74) is 1.29. The van der Waals surface area contributed by atoms with Gasteiger partial charge in [-0.2, -0.15) is 5.10 Å². The van der Waals surface area contributed by atoms with Gasteiger partial charge in [-0.15, -0.1) is 0 Å². The number of rotatable bonds is 6. The van der Waals surface area contributed by atoms with E-state index in [0.29, 0.717) is 17.1 Å². The first-order chi connectivity index (χ1) is 14.9. The normalized spacial score (nSPS) is 11.1. The maximum atomic E-state index is 13.4. The molecule has 9 heteroatoms. The molecular weight excluding hydrogens is 419 g/mol. The van der Waals surface area contributed by atoms with Gasteiger partial charge < -0.3 is 5.32 Å². The largest absolute Gasteiger partial charge is 0.321 e. The molecule has 4 aromatic rings. The summed E-state index contributed by atoms with van der Waals surface area (Å²) in [5, 5.41) is 6.84. The van der Waals surface area contributed by atoms with E-state index in [9.17, 15) is 17.6 Å². The molecule has 0 aliphatic heterocycles. The van der Waals surface area contributed by atoms with E-state index in [4.69, 9.17) is 0 Å². The Kier molecular flexibility index (Phi) is 5.50. The predicted octanol–water partition coefficient (Wildman–Crippen LogP) is 4.06. The SMILES string of the molecule is O=C(Nc1cccc(NS(=O)(=O)c2ccccc2)c1)c1ccn(-c2cccc(F)c2)n1. The van der Waals surface area contributed by atoms with Crippen LogP contribution in [-0.2, 0) is 10.0 Å². The van der Waals surface area contributed by atoms with Gasteiger partial charge in [0, 0.05) is 11.9 Å². The van der Waals surface area contributed by atoms with Crippen LogP contribution in [0.1, 0.15) is 10.5 Å². The number of nitrogens with one attached hydrogen (secondary N) is 2. The van der Waals surface area contributed by atoms with Gasteiger partial charge >= 0.3 is 0 Å². The smallest absolute Gasteiger partial charge is 0.276 e. The number of halogens is 1. The van der Waals surface area contributed by atoms with Crippen LogP contribution < -0.4 is 10.0 Å². The monoisotopic (exact) mass is 436 g/mol. The molecule has 3 aromatic carbocycles. The number of carbonyl (C=O) groups excluding carboxylic acids is 1. The second-order valence-corrected chi connectivity index (χ2v) is 8.26. The number of hydrogen-bond donors (Lipinski definition) is 2. The maximum absolute atomic E-state index is 13.4. The molecule has 0 atom stereocenters. The van der Waals surface area contributed by atoms with E-state index in [0.717, 1.165) is 0 Å². The summed E-state index contributed by atoms with van der Waals surface area (Å²) in [5.74, 6) is -0.896. The molecule has 0 saturated carbocycles. The lowest BCUT2D eigenvalue weighted by Crippen LogP contribution is -2.15. The van der Waals surface area contributed by atoms with Gasteiger partial charge in [0.2, 0.25) is 0 Å². The highest BCUT2D eigenvalue weighted by molar-refractivity contribution is 7.92. The molecule has 31 heavy (non-hydrogen) atoms. The van der Waals surface area contributed by atoms with Crippen molar-refractivity contribution in [1.82, 2.24) is 9.78 Å². The molecule has 1 heterocycles. The summed E-state index contributed by atoms with van der Waals surface area (Å²) in [6.07, 6.45) is 1.55. The highest BCUT2D eigenvalue weighted by atomic mass is 32.2. The van der Waals surface area contributed by atoms with Gasteiger partial charge in [0.15, 0.2) is 5.69 Å². The molecule has 0 saturated heterocycles. The van der Waals surface area contributed by atoms with Crippen molar-refractivity contribution in [3.63, 3.8) is 0 Å². The molecule has 1 amide bonds. The van der Waals surface area contributed by atoms with Gasteiger partial charge in [0.05, 0.1) is 16.3 Å². The summed E-state index contributed by atoms with van der Waals surface area (Å²) in [6, 6.07) is 21.6. The van der Waals surface area contributed by atoms with Crippen molar-refractivity contribution in [3.05, 3.63) is 103 Å². The van der Waals surface area contributed by atoms with Crippen molar-refractivity contribution in [2.24, 2.45) is 0 Å². The van der Waals surface area contributed by atoms with Crippen molar-refractivity contribution < 1.29 is 17.6 Å². The van der Waals surface area contributed by atoms with Crippen LogP contribution in [-0.4, -0.2) is 24.1 Å². The third kappa shape index (κ3) is 4.78. The Morgan fingerprint density at radius 2 is 1.61 bits per heavy atom. The predicted molar refractivity (Wildman–Crippen MR) is 115 cm³/mol. The van der Waals surface area contributed by atoms with Gasteiger partial charge in [-0.05, 0) is 54.6 Å². The lowest BCUT2D eigenvalue weighted by atomic mass is 10.2. The van der Waals surface area contributed by atoms with Gasteiger partial charge in [-0.1, -0.05) is 30.3 Å². The van der Waals surface area contributed by atoms with Crippen LogP contribution in [0.2, 0.25) is 0 Å². The number of aromatic nitrogens is 2. The van der Waals surface area contributed by atoms with Crippen LogP contribution in [0.3, 0.4) is 0 Å². The van der Waals surface area contributed by atoms with Gasteiger partial charge in [-0.25, -0.2) is 17.5 Å². The van der Waals surface area contributed by atoms with Crippen molar-refractivity contribution in [2.75, 3.05) is 10.0 Å². The Hall–Kier alpha value is -3.98. The number of anilines is 2. The summed E-state index contributed by atoms with van der Waals surface area (Å²) < 4.78 is 42.2. The zero-order chi connectivity index (χ0) is 21.8. The average molecular weight is 436 g/mol. The van der Waals surface area contributed by atoms with Crippen molar-refractivity contribution >= 4 is 27.3 Å². The highest BCUT2D eigenvalue weighted by Gasteiger charge is 2.15. The van der Waals surface area contributed by atoms with Crippen molar-refractivity contribution in [1.29, 1.82) is 0 Å².